The second-order valence-corrected chi connectivity index (χ2v) is 6.38. The van der Waals surface area contributed by atoms with Crippen LogP contribution in [0.5, 0.6) is 0 Å². The monoisotopic (exact) mass is 273 g/mol. The third-order valence-electron chi connectivity index (χ3n) is 3.07. The second kappa shape index (κ2) is 7.28. The highest BCUT2D eigenvalue weighted by Crippen LogP contribution is 2.23. The zero-order chi connectivity index (χ0) is 15.2. The maximum atomic E-state index is 11.9. The second-order valence-electron chi connectivity index (χ2n) is 6.38. The summed E-state index contributed by atoms with van der Waals surface area (Å²) < 4.78 is 0. The van der Waals surface area contributed by atoms with Crippen molar-refractivity contribution < 1.29 is 4.79 Å². The molecule has 0 radical (unpaired) electrons. The number of hydrogen-bond donors (Lipinski definition) is 1. The van der Waals surface area contributed by atoms with Crippen LogP contribution in [-0.2, 0) is 0 Å². The summed E-state index contributed by atoms with van der Waals surface area (Å²) in [6.45, 7) is 11.5. The van der Waals surface area contributed by atoms with Gasteiger partial charge in [0.2, 0.25) is 0 Å². The predicted octanol–water partition coefficient (Wildman–Crippen LogP) is 4.67. The molecule has 1 amide bonds. The average Bonchev–Trinajstić information content (AvgIpc) is 2.37. The van der Waals surface area contributed by atoms with Crippen LogP contribution in [0.25, 0.3) is 5.57 Å². The van der Waals surface area contributed by atoms with Crippen LogP contribution < -0.4 is 5.32 Å². The molecule has 0 heterocycles. The maximum Gasteiger partial charge on any atom is 0.251 e. The van der Waals surface area contributed by atoms with Gasteiger partial charge in [0, 0.05) is 12.1 Å². The van der Waals surface area contributed by atoms with Crippen LogP contribution in [0, 0.1) is 5.41 Å². The Morgan fingerprint density at radius 1 is 1.15 bits per heavy atom. The number of rotatable bonds is 5. The van der Waals surface area contributed by atoms with Gasteiger partial charge < -0.3 is 5.32 Å². The molecule has 0 spiro atoms. The topological polar surface area (TPSA) is 29.1 Å². The van der Waals surface area contributed by atoms with Gasteiger partial charge in [0.1, 0.15) is 0 Å². The van der Waals surface area contributed by atoms with Crippen molar-refractivity contribution in [2.45, 2.75) is 47.5 Å². The molecule has 1 aromatic carbocycles. The van der Waals surface area contributed by atoms with Crippen molar-refractivity contribution in [3.8, 4) is 0 Å². The summed E-state index contributed by atoms with van der Waals surface area (Å²) in [4.78, 5) is 11.9. The SMILES string of the molecule is CCCCNC(=O)c1ccc(C(C)=CC(C)(C)C)cc1. The quantitative estimate of drug-likeness (QED) is 0.776. The van der Waals surface area contributed by atoms with E-state index in [1.54, 1.807) is 0 Å². The van der Waals surface area contributed by atoms with Gasteiger partial charge in [0.05, 0.1) is 0 Å². The first-order valence-corrected chi connectivity index (χ1v) is 7.41. The Labute approximate surface area is 123 Å². The molecule has 2 heteroatoms. The van der Waals surface area contributed by atoms with Crippen molar-refractivity contribution in [2.75, 3.05) is 6.54 Å². The molecule has 0 saturated heterocycles. The highest BCUT2D eigenvalue weighted by molar-refractivity contribution is 5.94. The van der Waals surface area contributed by atoms with Gasteiger partial charge in [-0.15, -0.1) is 0 Å². The Kier molecular flexibility index (Phi) is 6.00. The third kappa shape index (κ3) is 5.60. The Bertz CT molecular complexity index is 463. The standard InChI is InChI=1S/C18H27NO/c1-6-7-12-19-17(20)16-10-8-15(9-11-16)14(2)13-18(3,4)5/h8-11,13H,6-7,12H2,1-5H3,(H,19,20). The summed E-state index contributed by atoms with van der Waals surface area (Å²) in [5.74, 6) is 0.0162. The first-order valence-electron chi connectivity index (χ1n) is 7.41. The highest BCUT2D eigenvalue weighted by atomic mass is 16.1. The van der Waals surface area contributed by atoms with Gasteiger partial charge in [0.15, 0.2) is 0 Å². The molecule has 0 aliphatic heterocycles. The Morgan fingerprint density at radius 2 is 1.70 bits per heavy atom. The molecule has 0 bridgehead atoms. The number of carbonyl (C=O) groups is 1. The smallest absolute Gasteiger partial charge is 0.251 e. The van der Waals surface area contributed by atoms with Gasteiger partial charge in [0.25, 0.3) is 5.91 Å². The minimum Gasteiger partial charge on any atom is -0.352 e. The Morgan fingerprint density at radius 3 is 2.20 bits per heavy atom. The Balaban J connectivity index is 2.74. The number of hydrogen-bond acceptors (Lipinski definition) is 1. The average molecular weight is 273 g/mol. The van der Waals surface area contributed by atoms with E-state index in [0.717, 1.165) is 24.9 Å². The van der Waals surface area contributed by atoms with E-state index in [1.807, 2.05) is 24.3 Å². The fraction of sp³-hybridized carbons (Fsp3) is 0.500. The van der Waals surface area contributed by atoms with Crippen molar-refractivity contribution >= 4 is 11.5 Å². The maximum absolute atomic E-state index is 11.9. The summed E-state index contributed by atoms with van der Waals surface area (Å²) in [5.41, 5.74) is 3.31. The zero-order valence-electron chi connectivity index (χ0n) is 13.4. The molecule has 0 aliphatic rings. The molecule has 1 N–H and O–H groups in total. The van der Waals surface area contributed by atoms with Gasteiger partial charge in [-0.3, -0.25) is 4.79 Å². The molecule has 0 saturated carbocycles. The van der Waals surface area contributed by atoms with Crippen LogP contribution in [0.15, 0.2) is 30.3 Å². The molecular weight excluding hydrogens is 246 g/mol. The van der Waals surface area contributed by atoms with E-state index in [9.17, 15) is 4.79 Å². The third-order valence-corrected chi connectivity index (χ3v) is 3.07. The van der Waals surface area contributed by atoms with Gasteiger partial charge in [-0.1, -0.05) is 52.3 Å². The lowest BCUT2D eigenvalue weighted by Crippen LogP contribution is -2.24. The lowest BCUT2D eigenvalue weighted by Gasteiger charge is -2.14. The van der Waals surface area contributed by atoms with Crippen molar-refractivity contribution in [1.29, 1.82) is 0 Å². The highest BCUT2D eigenvalue weighted by Gasteiger charge is 2.08. The summed E-state index contributed by atoms with van der Waals surface area (Å²) in [7, 11) is 0. The number of unbranched alkanes of at least 4 members (excludes halogenated alkanes) is 1. The summed E-state index contributed by atoms with van der Waals surface area (Å²) >= 11 is 0. The van der Waals surface area contributed by atoms with Gasteiger partial charge in [-0.05, 0) is 42.0 Å². The molecule has 0 aromatic heterocycles. The van der Waals surface area contributed by atoms with E-state index in [2.05, 4.69) is 46.0 Å². The fourth-order valence-electron chi connectivity index (χ4n) is 2.10. The largest absolute Gasteiger partial charge is 0.352 e. The van der Waals surface area contributed by atoms with Crippen LogP contribution in [0.4, 0.5) is 0 Å². The van der Waals surface area contributed by atoms with Gasteiger partial charge in [-0.25, -0.2) is 0 Å². The molecular formula is C18H27NO. The molecule has 110 valence electrons. The minimum atomic E-state index is 0.0162. The van der Waals surface area contributed by atoms with E-state index in [0.29, 0.717) is 0 Å². The Hall–Kier alpha value is -1.57. The summed E-state index contributed by atoms with van der Waals surface area (Å²) in [5, 5.41) is 2.93. The van der Waals surface area contributed by atoms with E-state index in [-0.39, 0.29) is 11.3 Å². The molecule has 0 unspecified atom stereocenters. The number of amides is 1. The van der Waals surface area contributed by atoms with Crippen LogP contribution in [0.3, 0.4) is 0 Å². The molecule has 0 atom stereocenters. The van der Waals surface area contributed by atoms with Crippen LogP contribution in [0.2, 0.25) is 0 Å². The van der Waals surface area contributed by atoms with E-state index >= 15 is 0 Å². The predicted molar refractivity (Wildman–Crippen MR) is 86.8 cm³/mol. The van der Waals surface area contributed by atoms with Crippen molar-refractivity contribution in [3.05, 3.63) is 41.5 Å². The lowest BCUT2D eigenvalue weighted by atomic mass is 9.91. The van der Waals surface area contributed by atoms with Crippen molar-refractivity contribution in [2.24, 2.45) is 5.41 Å². The molecule has 1 rings (SSSR count). The first kappa shape index (κ1) is 16.5. The first-order chi connectivity index (χ1) is 9.33. The van der Waals surface area contributed by atoms with Crippen molar-refractivity contribution in [3.63, 3.8) is 0 Å². The summed E-state index contributed by atoms with van der Waals surface area (Å²) in [6.07, 6.45) is 4.37. The van der Waals surface area contributed by atoms with Crippen LogP contribution in [0.1, 0.15) is 63.4 Å². The molecule has 1 aromatic rings. The number of carbonyl (C=O) groups excluding carboxylic acids is 1. The number of allylic oxidation sites excluding steroid dienone is 2. The summed E-state index contributed by atoms with van der Waals surface area (Å²) in [6, 6.07) is 7.84. The van der Waals surface area contributed by atoms with E-state index in [4.69, 9.17) is 0 Å². The molecule has 20 heavy (non-hydrogen) atoms. The molecule has 0 fully saturated rings. The van der Waals surface area contributed by atoms with Crippen LogP contribution in [-0.4, -0.2) is 12.5 Å². The number of nitrogens with one attached hydrogen (secondary N) is 1. The van der Waals surface area contributed by atoms with E-state index in [1.165, 1.54) is 11.1 Å². The zero-order valence-corrected chi connectivity index (χ0v) is 13.4. The van der Waals surface area contributed by atoms with Gasteiger partial charge >= 0.3 is 0 Å². The minimum absolute atomic E-state index is 0.0162. The van der Waals surface area contributed by atoms with Crippen molar-refractivity contribution in [1.82, 2.24) is 5.32 Å². The fourth-order valence-corrected chi connectivity index (χ4v) is 2.10. The van der Waals surface area contributed by atoms with Gasteiger partial charge in [-0.2, -0.15) is 0 Å². The molecule has 2 nitrogen and oxygen atoms in total. The van der Waals surface area contributed by atoms with Crippen LogP contribution >= 0.6 is 0 Å². The number of benzene rings is 1. The normalized spacial score (nSPS) is 12.3. The lowest BCUT2D eigenvalue weighted by molar-refractivity contribution is 0.0953. The molecule has 0 aliphatic carbocycles. The van der Waals surface area contributed by atoms with E-state index < -0.39 is 0 Å².